The largest absolute Gasteiger partial charge is 0.345 e. The Bertz CT molecular complexity index is 264. The summed E-state index contributed by atoms with van der Waals surface area (Å²) in [5, 5.41) is 0. The molecule has 0 aromatic carbocycles. The Morgan fingerprint density at radius 2 is 1.83 bits per heavy atom. The Labute approximate surface area is 112 Å². The average Bonchev–Trinajstić information content (AvgIpc) is 2.28. The summed E-state index contributed by atoms with van der Waals surface area (Å²) < 4.78 is 0. The number of nitrogens with zero attached hydrogens (tertiary/aromatic N) is 1. The van der Waals surface area contributed by atoms with Crippen LogP contribution in [0.25, 0.3) is 0 Å². The van der Waals surface area contributed by atoms with Crippen molar-refractivity contribution in [2.45, 2.75) is 65.3 Å². The molecule has 0 aromatic rings. The highest BCUT2D eigenvalue weighted by Gasteiger charge is 2.25. The van der Waals surface area contributed by atoms with Gasteiger partial charge in [-0.15, -0.1) is 0 Å². The van der Waals surface area contributed by atoms with Crippen LogP contribution in [-0.2, 0) is 4.79 Å². The average molecular weight is 254 g/mol. The number of amides is 1. The first-order valence-corrected chi connectivity index (χ1v) is 7.30. The van der Waals surface area contributed by atoms with Gasteiger partial charge in [0.15, 0.2) is 0 Å². The van der Waals surface area contributed by atoms with Crippen LogP contribution in [0.5, 0.6) is 0 Å². The van der Waals surface area contributed by atoms with E-state index in [1.54, 1.807) is 0 Å². The van der Waals surface area contributed by atoms with Crippen molar-refractivity contribution in [3.63, 3.8) is 0 Å². The van der Waals surface area contributed by atoms with E-state index < -0.39 is 0 Å². The Morgan fingerprint density at radius 1 is 1.28 bits per heavy atom. The topological polar surface area (TPSA) is 46.3 Å². The molecule has 1 atom stereocenters. The molecule has 1 unspecified atom stereocenters. The van der Waals surface area contributed by atoms with E-state index >= 15 is 0 Å². The molecule has 1 aliphatic carbocycles. The predicted octanol–water partition coefficient (Wildman–Crippen LogP) is 2.79. The Hall–Kier alpha value is -0.570. The lowest BCUT2D eigenvalue weighted by Gasteiger charge is -2.30. The minimum absolute atomic E-state index is 0.00133. The van der Waals surface area contributed by atoms with Gasteiger partial charge in [0, 0.05) is 26.1 Å². The van der Waals surface area contributed by atoms with Gasteiger partial charge in [0.1, 0.15) is 0 Å². The van der Waals surface area contributed by atoms with Crippen LogP contribution < -0.4 is 5.73 Å². The van der Waals surface area contributed by atoms with E-state index in [0.717, 1.165) is 6.54 Å². The van der Waals surface area contributed by atoms with Crippen molar-refractivity contribution in [3.05, 3.63) is 0 Å². The summed E-state index contributed by atoms with van der Waals surface area (Å²) in [6, 6.07) is -0.0567. The third-order valence-corrected chi connectivity index (χ3v) is 4.19. The number of carbonyl (C=O) groups excluding carboxylic acids is 1. The van der Waals surface area contributed by atoms with Crippen molar-refractivity contribution >= 4 is 5.91 Å². The number of hydrogen-bond donors (Lipinski definition) is 1. The molecule has 0 saturated heterocycles. The second-order valence-corrected chi connectivity index (χ2v) is 6.95. The van der Waals surface area contributed by atoms with Gasteiger partial charge in [-0.25, -0.2) is 0 Å². The van der Waals surface area contributed by atoms with E-state index in [0.29, 0.717) is 12.3 Å². The van der Waals surface area contributed by atoms with Crippen molar-refractivity contribution in [2.75, 3.05) is 13.6 Å². The summed E-state index contributed by atoms with van der Waals surface area (Å²) in [7, 11) is 1.92. The van der Waals surface area contributed by atoms with E-state index in [1.165, 1.54) is 32.1 Å². The SMILES string of the molecule is CN(CC1CCCCC1)C(=O)CC(N)C(C)(C)C. The van der Waals surface area contributed by atoms with Crippen molar-refractivity contribution < 1.29 is 4.79 Å². The van der Waals surface area contributed by atoms with Gasteiger partial charge in [0.05, 0.1) is 0 Å². The molecule has 1 fully saturated rings. The summed E-state index contributed by atoms with van der Waals surface area (Å²) in [5.74, 6) is 0.904. The second kappa shape index (κ2) is 6.55. The Balaban J connectivity index is 2.36. The smallest absolute Gasteiger partial charge is 0.223 e. The summed E-state index contributed by atoms with van der Waals surface area (Å²) in [4.78, 5) is 14.0. The van der Waals surface area contributed by atoms with E-state index in [9.17, 15) is 4.79 Å². The fourth-order valence-corrected chi connectivity index (χ4v) is 2.51. The van der Waals surface area contributed by atoms with E-state index in [2.05, 4.69) is 20.8 Å². The molecule has 0 aromatic heterocycles. The molecule has 0 heterocycles. The minimum Gasteiger partial charge on any atom is -0.345 e. The molecular formula is C15H30N2O. The number of nitrogens with two attached hydrogens (primary N) is 1. The zero-order valence-corrected chi connectivity index (χ0v) is 12.5. The molecule has 18 heavy (non-hydrogen) atoms. The first-order valence-electron chi connectivity index (χ1n) is 7.30. The van der Waals surface area contributed by atoms with Crippen LogP contribution in [0.3, 0.4) is 0 Å². The van der Waals surface area contributed by atoms with E-state index in [4.69, 9.17) is 5.73 Å². The van der Waals surface area contributed by atoms with Gasteiger partial charge in [-0.3, -0.25) is 4.79 Å². The summed E-state index contributed by atoms with van der Waals surface area (Å²) in [5.41, 5.74) is 6.08. The van der Waals surface area contributed by atoms with E-state index in [1.807, 2.05) is 11.9 Å². The van der Waals surface area contributed by atoms with Crippen LogP contribution in [0.4, 0.5) is 0 Å². The first-order chi connectivity index (χ1) is 8.30. The molecule has 3 heteroatoms. The normalized spacial score (nSPS) is 19.6. The molecule has 2 N–H and O–H groups in total. The van der Waals surface area contributed by atoms with E-state index in [-0.39, 0.29) is 17.4 Å². The quantitative estimate of drug-likeness (QED) is 0.838. The highest BCUT2D eigenvalue weighted by atomic mass is 16.2. The maximum absolute atomic E-state index is 12.1. The van der Waals surface area contributed by atoms with Gasteiger partial charge in [-0.2, -0.15) is 0 Å². The van der Waals surface area contributed by atoms with Gasteiger partial charge < -0.3 is 10.6 Å². The lowest BCUT2D eigenvalue weighted by atomic mass is 9.85. The predicted molar refractivity (Wildman–Crippen MR) is 76.3 cm³/mol. The van der Waals surface area contributed by atoms with Crippen LogP contribution in [0.1, 0.15) is 59.3 Å². The molecule has 1 rings (SSSR count). The number of carbonyl (C=O) groups is 1. The van der Waals surface area contributed by atoms with Gasteiger partial charge in [0.25, 0.3) is 0 Å². The molecule has 106 valence electrons. The summed E-state index contributed by atoms with van der Waals surface area (Å²) in [6.07, 6.45) is 7.05. The third-order valence-electron chi connectivity index (χ3n) is 4.19. The summed E-state index contributed by atoms with van der Waals surface area (Å²) >= 11 is 0. The molecule has 1 amide bonds. The molecule has 0 aliphatic heterocycles. The van der Waals surface area contributed by atoms with Crippen LogP contribution in [0.2, 0.25) is 0 Å². The van der Waals surface area contributed by atoms with Crippen LogP contribution in [0.15, 0.2) is 0 Å². The first kappa shape index (κ1) is 15.5. The standard InChI is InChI=1S/C15H30N2O/c1-15(2,3)13(16)10-14(18)17(4)11-12-8-6-5-7-9-12/h12-13H,5-11,16H2,1-4H3. The second-order valence-electron chi connectivity index (χ2n) is 6.95. The molecule has 1 saturated carbocycles. The maximum Gasteiger partial charge on any atom is 0.223 e. The van der Waals surface area contributed by atoms with Crippen molar-refractivity contribution in [1.82, 2.24) is 4.90 Å². The highest BCUT2D eigenvalue weighted by molar-refractivity contribution is 5.76. The molecule has 1 aliphatic rings. The van der Waals surface area contributed by atoms with Gasteiger partial charge >= 0.3 is 0 Å². The Morgan fingerprint density at radius 3 is 2.33 bits per heavy atom. The zero-order valence-electron chi connectivity index (χ0n) is 12.5. The van der Waals surface area contributed by atoms with Crippen molar-refractivity contribution in [2.24, 2.45) is 17.1 Å². The molecule has 3 nitrogen and oxygen atoms in total. The van der Waals surface area contributed by atoms with Gasteiger partial charge in [0.2, 0.25) is 5.91 Å². The van der Waals surface area contributed by atoms with Crippen LogP contribution in [0, 0.1) is 11.3 Å². The number of rotatable bonds is 4. The van der Waals surface area contributed by atoms with Crippen LogP contribution >= 0.6 is 0 Å². The zero-order chi connectivity index (χ0) is 13.8. The van der Waals surface area contributed by atoms with Gasteiger partial charge in [-0.1, -0.05) is 40.0 Å². The highest BCUT2D eigenvalue weighted by Crippen LogP contribution is 2.25. The number of hydrogen-bond acceptors (Lipinski definition) is 2. The molecular weight excluding hydrogens is 224 g/mol. The van der Waals surface area contributed by atoms with Gasteiger partial charge in [-0.05, 0) is 24.2 Å². The fraction of sp³-hybridized carbons (Fsp3) is 0.933. The third kappa shape index (κ3) is 4.97. The fourth-order valence-electron chi connectivity index (χ4n) is 2.51. The molecule has 0 spiro atoms. The lowest BCUT2D eigenvalue weighted by molar-refractivity contribution is -0.131. The monoisotopic (exact) mass is 254 g/mol. The summed E-state index contributed by atoms with van der Waals surface area (Å²) in [6.45, 7) is 7.18. The minimum atomic E-state index is -0.0567. The van der Waals surface area contributed by atoms with Crippen LogP contribution in [-0.4, -0.2) is 30.4 Å². The van der Waals surface area contributed by atoms with Crippen molar-refractivity contribution in [3.8, 4) is 0 Å². The van der Waals surface area contributed by atoms with Crippen molar-refractivity contribution in [1.29, 1.82) is 0 Å². The maximum atomic E-state index is 12.1. The Kier molecular flexibility index (Phi) is 5.64. The molecule has 0 bridgehead atoms. The lowest BCUT2D eigenvalue weighted by Crippen LogP contribution is -2.41. The molecule has 0 radical (unpaired) electrons.